The third-order valence-corrected chi connectivity index (χ3v) is 4.45. The predicted octanol–water partition coefficient (Wildman–Crippen LogP) is 3.32. The van der Waals surface area contributed by atoms with Crippen molar-refractivity contribution in [1.82, 2.24) is 16.0 Å². The number of nitrogens with zero attached hydrogens (tertiary/aromatic N) is 1. The second-order valence-corrected chi connectivity index (χ2v) is 6.65. The lowest BCUT2D eigenvalue weighted by molar-refractivity contribution is 0.0954. The first-order valence-corrected chi connectivity index (χ1v) is 9.69. The van der Waals surface area contributed by atoms with Crippen LogP contribution < -0.4 is 16.0 Å². The molecule has 1 amide bonds. The normalized spacial score (nSPS) is 11.2. The van der Waals surface area contributed by atoms with Gasteiger partial charge in [0, 0.05) is 26.2 Å². The Bertz CT molecular complexity index is 826. The number of aryl methyl sites for hydroxylation is 1. The molecular weight excluding hydrogens is 379 g/mol. The van der Waals surface area contributed by atoms with Gasteiger partial charge >= 0.3 is 0 Å². The van der Waals surface area contributed by atoms with Gasteiger partial charge in [-0.2, -0.15) is 0 Å². The number of amides is 1. The number of aliphatic imine (C=N–C) groups is 1. The molecule has 150 valence electrons. The number of carbonyl (C=O) groups is 1. The van der Waals surface area contributed by atoms with E-state index in [2.05, 4.69) is 20.9 Å². The molecule has 0 radical (unpaired) electrons. The summed E-state index contributed by atoms with van der Waals surface area (Å²) in [7, 11) is 0. The highest BCUT2D eigenvalue weighted by atomic mass is 35.5. The Hall–Kier alpha value is -2.60. The summed E-state index contributed by atoms with van der Waals surface area (Å²) < 4.78 is 13.2. The average molecular weight is 405 g/mol. The first kappa shape index (κ1) is 21.7. The molecule has 0 aliphatic heterocycles. The summed E-state index contributed by atoms with van der Waals surface area (Å²) in [6.07, 6.45) is 0.728. The Morgan fingerprint density at radius 1 is 1.11 bits per heavy atom. The highest BCUT2D eigenvalue weighted by molar-refractivity contribution is 6.33. The number of nitrogens with one attached hydrogen (secondary N) is 3. The molecular formula is C21H26ClFN4O. The molecule has 0 fully saturated rings. The van der Waals surface area contributed by atoms with Gasteiger partial charge in [-0.25, -0.2) is 4.39 Å². The van der Waals surface area contributed by atoms with Crippen molar-refractivity contribution in [3.63, 3.8) is 0 Å². The van der Waals surface area contributed by atoms with E-state index in [0.29, 0.717) is 36.2 Å². The molecule has 3 N–H and O–H groups in total. The van der Waals surface area contributed by atoms with Gasteiger partial charge in [0.25, 0.3) is 5.91 Å². The lowest BCUT2D eigenvalue weighted by Crippen LogP contribution is -2.41. The van der Waals surface area contributed by atoms with Crippen LogP contribution in [0.2, 0.25) is 5.02 Å². The maximum absolute atomic E-state index is 13.2. The third kappa shape index (κ3) is 6.85. The van der Waals surface area contributed by atoms with Crippen LogP contribution in [0.5, 0.6) is 0 Å². The molecule has 7 heteroatoms. The van der Waals surface area contributed by atoms with Crippen molar-refractivity contribution in [2.45, 2.75) is 20.3 Å². The van der Waals surface area contributed by atoms with E-state index in [0.717, 1.165) is 24.1 Å². The maximum atomic E-state index is 13.2. The standard InChI is InChI=1S/C21H26ClFN4O/c1-3-24-21(26-11-10-16-8-9-17(23)14-15(16)2)27-13-12-25-20(28)18-6-4-5-7-19(18)22/h4-9,14H,3,10-13H2,1-2H3,(H,25,28)(H2,24,26,27). The van der Waals surface area contributed by atoms with Crippen LogP contribution in [-0.4, -0.2) is 38.0 Å². The molecule has 0 unspecified atom stereocenters. The number of benzene rings is 2. The number of hydrogen-bond acceptors (Lipinski definition) is 2. The van der Waals surface area contributed by atoms with Crippen LogP contribution in [0.3, 0.4) is 0 Å². The van der Waals surface area contributed by atoms with E-state index in [1.807, 2.05) is 13.8 Å². The fourth-order valence-electron chi connectivity index (χ4n) is 2.67. The van der Waals surface area contributed by atoms with E-state index in [9.17, 15) is 9.18 Å². The average Bonchev–Trinajstić information content (AvgIpc) is 2.67. The highest BCUT2D eigenvalue weighted by Gasteiger charge is 2.08. The quantitative estimate of drug-likeness (QED) is 0.359. The van der Waals surface area contributed by atoms with Gasteiger partial charge < -0.3 is 16.0 Å². The number of rotatable bonds is 8. The van der Waals surface area contributed by atoms with E-state index in [1.54, 1.807) is 30.3 Å². The molecule has 0 bridgehead atoms. The van der Waals surface area contributed by atoms with Gasteiger partial charge in [-0.3, -0.25) is 9.79 Å². The molecule has 0 atom stereocenters. The number of hydrogen-bond donors (Lipinski definition) is 3. The zero-order valence-corrected chi connectivity index (χ0v) is 16.9. The predicted molar refractivity (Wildman–Crippen MR) is 113 cm³/mol. The smallest absolute Gasteiger partial charge is 0.252 e. The molecule has 0 spiro atoms. The zero-order chi connectivity index (χ0) is 20.4. The van der Waals surface area contributed by atoms with Gasteiger partial charge in [0.15, 0.2) is 5.96 Å². The molecule has 0 saturated heterocycles. The Labute approximate surface area is 170 Å². The summed E-state index contributed by atoms with van der Waals surface area (Å²) in [5, 5.41) is 9.61. The summed E-state index contributed by atoms with van der Waals surface area (Å²) in [5.74, 6) is 0.244. The minimum atomic E-state index is -0.224. The molecule has 5 nitrogen and oxygen atoms in total. The molecule has 2 rings (SSSR count). The van der Waals surface area contributed by atoms with Crippen LogP contribution in [0, 0.1) is 12.7 Å². The summed E-state index contributed by atoms with van der Waals surface area (Å²) in [5.41, 5.74) is 2.46. The van der Waals surface area contributed by atoms with Crippen LogP contribution in [0.25, 0.3) is 0 Å². The molecule has 0 aliphatic carbocycles. The van der Waals surface area contributed by atoms with Crippen LogP contribution >= 0.6 is 11.6 Å². The second kappa shape index (κ2) is 11.3. The van der Waals surface area contributed by atoms with Crippen molar-refractivity contribution in [1.29, 1.82) is 0 Å². The Balaban J connectivity index is 1.79. The summed E-state index contributed by atoms with van der Waals surface area (Å²) in [6, 6.07) is 11.7. The summed E-state index contributed by atoms with van der Waals surface area (Å²) >= 11 is 6.02. The van der Waals surface area contributed by atoms with Gasteiger partial charge in [0.05, 0.1) is 10.6 Å². The fraction of sp³-hybridized carbons (Fsp3) is 0.333. The van der Waals surface area contributed by atoms with E-state index < -0.39 is 0 Å². The van der Waals surface area contributed by atoms with Gasteiger partial charge in [-0.15, -0.1) is 0 Å². The Kier molecular flexibility index (Phi) is 8.75. The lowest BCUT2D eigenvalue weighted by Gasteiger charge is -2.12. The SMILES string of the molecule is CCNC(=NCCc1ccc(F)cc1C)NCCNC(=O)c1ccccc1Cl. The number of halogens is 2. The van der Waals surface area contributed by atoms with Crippen LogP contribution in [0.1, 0.15) is 28.4 Å². The second-order valence-electron chi connectivity index (χ2n) is 6.24. The van der Waals surface area contributed by atoms with Gasteiger partial charge in [0.2, 0.25) is 0 Å². The topological polar surface area (TPSA) is 65.5 Å². The third-order valence-electron chi connectivity index (χ3n) is 4.12. The molecule has 0 saturated carbocycles. The largest absolute Gasteiger partial charge is 0.357 e. The van der Waals surface area contributed by atoms with E-state index in [1.165, 1.54) is 12.1 Å². The van der Waals surface area contributed by atoms with Gasteiger partial charge in [-0.05, 0) is 55.7 Å². The fourth-order valence-corrected chi connectivity index (χ4v) is 2.89. The van der Waals surface area contributed by atoms with Crippen molar-refractivity contribution >= 4 is 23.5 Å². The van der Waals surface area contributed by atoms with E-state index in [4.69, 9.17) is 11.6 Å². The highest BCUT2D eigenvalue weighted by Crippen LogP contribution is 2.14. The minimum absolute atomic E-state index is 0.207. The number of carbonyl (C=O) groups excluding carboxylic acids is 1. The Morgan fingerprint density at radius 3 is 2.57 bits per heavy atom. The van der Waals surface area contributed by atoms with Crippen LogP contribution in [-0.2, 0) is 6.42 Å². The first-order chi connectivity index (χ1) is 13.5. The van der Waals surface area contributed by atoms with Crippen LogP contribution in [0.15, 0.2) is 47.5 Å². The van der Waals surface area contributed by atoms with Crippen molar-refractivity contribution in [2.24, 2.45) is 4.99 Å². The molecule has 0 aliphatic rings. The van der Waals surface area contributed by atoms with Crippen molar-refractivity contribution < 1.29 is 9.18 Å². The molecule has 2 aromatic carbocycles. The van der Waals surface area contributed by atoms with Crippen molar-refractivity contribution in [2.75, 3.05) is 26.2 Å². The van der Waals surface area contributed by atoms with Gasteiger partial charge in [-0.1, -0.05) is 29.8 Å². The summed E-state index contributed by atoms with van der Waals surface area (Å²) in [6.45, 7) is 6.15. The van der Waals surface area contributed by atoms with E-state index >= 15 is 0 Å². The molecule has 0 aromatic heterocycles. The summed E-state index contributed by atoms with van der Waals surface area (Å²) in [4.78, 5) is 16.7. The lowest BCUT2D eigenvalue weighted by atomic mass is 10.1. The van der Waals surface area contributed by atoms with Crippen molar-refractivity contribution in [3.8, 4) is 0 Å². The zero-order valence-electron chi connectivity index (χ0n) is 16.2. The van der Waals surface area contributed by atoms with E-state index in [-0.39, 0.29) is 11.7 Å². The molecule has 28 heavy (non-hydrogen) atoms. The minimum Gasteiger partial charge on any atom is -0.357 e. The number of guanidine groups is 1. The monoisotopic (exact) mass is 404 g/mol. The Morgan fingerprint density at radius 2 is 1.86 bits per heavy atom. The first-order valence-electron chi connectivity index (χ1n) is 9.31. The van der Waals surface area contributed by atoms with Crippen molar-refractivity contribution in [3.05, 3.63) is 70.0 Å². The van der Waals surface area contributed by atoms with Crippen LogP contribution in [0.4, 0.5) is 4.39 Å². The molecule has 0 heterocycles. The van der Waals surface area contributed by atoms with Gasteiger partial charge in [0.1, 0.15) is 5.82 Å². The maximum Gasteiger partial charge on any atom is 0.252 e. The molecule has 2 aromatic rings.